The number of halogens is 2. The summed E-state index contributed by atoms with van der Waals surface area (Å²) in [5.74, 6) is -0.0645. The van der Waals surface area contributed by atoms with Crippen LogP contribution < -0.4 is 16.6 Å². The van der Waals surface area contributed by atoms with E-state index in [4.69, 9.17) is 28.9 Å². The number of hydrazine groups is 1. The third-order valence-corrected chi connectivity index (χ3v) is 4.63. The van der Waals surface area contributed by atoms with Crippen molar-refractivity contribution in [3.63, 3.8) is 0 Å². The molecule has 2 rings (SSSR count). The van der Waals surface area contributed by atoms with E-state index in [0.717, 1.165) is 12.8 Å². The van der Waals surface area contributed by atoms with E-state index < -0.39 is 18.1 Å². The second-order valence-electron chi connectivity index (χ2n) is 6.12. The minimum absolute atomic E-state index is 0.448. The Bertz CT molecular complexity index is 516. The average molecular weight is 360 g/mol. The van der Waals surface area contributed by atoms with Gasteiger partial charge >= 0.3 is 0 Å². The van der Waals surface area contributed by atoms with Gasteiger partial charge < -0.3 is 10.8 Å². The number of carbonyl (C=O) groups is 1. The maximum absolute atomic E-state index is 12.0. The van der Waals surface area contributed by atoms with Crippen molar-refractivity contribution in [2.45, 2.75) is 50.7 Å². The van der Waals surface area contributed by atoms with E-state index in [1.165, 1.54) is 19.3 Å². The van der Waals surface area contributed by atoms with E-state index >= 15 is 0 Å². The van der Waals surface area contributed by atoms with Gasteiger partial charge in [0.1, 0.15) is 6.10 Å². The highest BCUT2D eigenvalue weighted by Gasteiger charge is 2.26. The summed E-state index contributed by atoms with van der Waals surface area (Å²) in [6, 6.07) is 4.25. The fourth-order valence-electron chi connectivity index (χ4n) is 2.96. The zero-order valence-corrected chi connectivity index (χ0v) is 14.4. The van der Waals surface area contributed by atoms with Crippen LogP contribution in [0.25, 0.3) is 0 Å². The molecule has 5 N–H and O–H groups in total. The fraction of sp³-hybridized carbons (Fsp3) is 0.562. The van der Waals surface area contributed by atoms with Crippen molar-refractivity contribution in [3.8, 4) is 0 Å². The molecule has 0 bridgehead atoms. The second kappa shape index (κ2) is 8.73. The number of hydrogen-bond donors (Lipinski definition) is 4. The number of anilines is 1. The first-order chi connectivity index (χ1) is 11.0. The molecule has 1 aliphatic rings. The maximum atomic E-state index is 12.0. The summed E-state index contributed by atoms with van der Waals surface area (Å²) in [7, 11) is 0. The summed E-state index contributed by atoms with van der Waals surface area (Å²) in [6.45, 7) is 0. The Labute approximate surface area is 146 Å². The van der Waals surface area contributed by atoms with Gasteiger partial charge in [-0.1, -0.05) is 55.3 Å². The molecule has 0 radical (unpaired) electrons. The van der Waals surface area contributed by atoms with Gasteiger partial charge in [-0.3, -0.25) is 15.6 Å². The van der Waals surface area contributed by atoms with E-state index in [2.05, 4.69) is 10.9 Å². The van der Waals surface area contributed by atoms with Crippen LogP contribution >= 0.6 is 23.2 Å². The van der Waals surface area contributed by atoms with Crippen LogP contribution in [0.2, 0.25) is 10.0 Å². The molecule has 0 heterocycles. The Morgan fingerprint density at radius 1 is 1.22 bits per heavy atom. The molecule has 0 aromatic heterocycles. The summed E-state index contributed by atoms with van der Waals surface area (Å²) in [5.41, 5.74) is 11.6. The van der Waals surface area contributed by atoms with Crippen molar-refractivity contribution >= 4 is 34.8 Å². The lowest BCUT2D eigenvalue weighted by atomic mass is 9.84. The number of aliphatic hydroxyl groups is 1. The van der Waals surface area contributed by atoms with Crippen molar-refractivity contribution in [1.29, 1.82) is 0 Å². The van der Waals surface area contributed by atoms with Gasteiger partial charge in [0.05, 0.1) is 5.69 Å². The quantitative estimate of drug-likeness (QED) is 0.587. The number of carbonyl (C=O) groups excluding carboxylic acids is 1. The molecule has 1 unspecified atom stereocenters. The molecule has 128 valence electrons. The number of rotatable bonds is 6. The molecule has 0 aliphatic heterocycles. The predicted molar refractivity (Wildman–Crippen MR) is 93.4 cm³/mol. The molecule has 1 saturated carbocycles. The van der Waals surface area contributed by atoms with Gasteiger partial charge in [0.25, 0.3) is 5.91 Å². The van der Waals surface area contributed by atoms with E-state index in [9.17, 15) is 9.90 Å². The number of benzene rings is 1. The van der Waals surface area contributed by atoms with Gasteiger partial charge in [-0.25, -0.2) is 0 Å². The molecule has 5 nitrogen and oxygen atoms in total. The summed E-state index contributed by atoms with van der Waals surface area (Å²) < 4.78 is 0. The van der Waals surface area contributed by atoms with Gasteiger partial charge in [-0.2, -0.15) is 0 Å². The first-order valence-electron chi connectivity index (χ1n) is 7.91. The number of nitrogens with one attached hydrogen (secondary N) is 2. The summed E-state index contributed by atoms with van der Waals surface area (Å²) in [5, 5.41) is 11.0. The van der Waals surface area contributed by atoms with Gasteiger partial charge in [0, 0.05) is 16.1 Å². The van der Waals surface area contributed by atoms with Gasteiger partial charge in [0.15, 0.2) is 0 Å². The average Bonchev–Trinajstić information content (AvgIpc) is 2.52. The molecule has 0 saturated heterocycles. The molecule has 1 aromatic rings. The van der Waals surface area contributed by atoms with E-state index in [1.807, 2.05) is 0 Å². The Kier molecular flexibility index (Phi) is 6.96. The number of nitrogens with two attached hydrogens (primary N) is 1. The van der Waals surface area contributed by atoms with Crippen LogP contribution in [0, 0.1) is 5.92 Å². The molecule has 23 heavy (non-hydrogen) atoms. The largest absolute Gasteiger partial charge is 0.382 e. The lowest BCUT2D eigenvalue weighted by Crippen LogP contribution is -2.48. The summed E-state index contributed by atoms with van der Waals surface area (Å²) >= 11 is 11.8. The molecule has 1 aliphatic carbocycles. The molecule has 0 spiro atoms. The molecular formula is C16H23Cl2N3O2. The lowest BCUT2D eigenvalue weighted by Gasteiger charge is -2.26. The summed E-state index contributed by atoms with van der Waals surface area (Å²) in [6.07, 6.45) is 5.34. The molecule has 2 atom stereocenters. The highest BCUT2D eigenvalue weighted by Crippen LogP contribution is 2.27. The predicted octanol–water partition coefficient (Wildman–Crippen LogP) is 3.10. The van der Waals surface area contributed by atoms with Gasteiger partial charge in [0.2, 0.25) is 0 Å². The van der Waals surface area contributed by atoms with Crippen LogP contribution in [0.1, 0.15) is 38.5 Å². The van der Waals surface area contributed by atoms with Crippen LogP contribution in [-0.4, -0.2) is 23.2 Å². The van der Waals surface area contributed by atoms with E-state index in [0.29, 0.717) is 28.1 Å². The van der Waals surface area contributed by atoms with Crippen LogP contribution in [0.3, 0.4) is 0 Å². The summed E-state index contributed by atoms with van der Waals surface area (Å²) in [4.78, 5) is 12.0. The zero-order chi connectivity index (χ0) is 16.8. The van der Waals surface area contributed by atoms with Crippen molar-refractivity contribution in [1.82, 2.24) is 5.43 Å². The normalized spacial score (nSPS) is 18.3. The van der Waals surface area contributed by atoms with Crippen molar-refractivity contribution in [2.24, 2.45) is 11.7 Å². The first-order valence-corrected chi connectivity index (χ1v) is 8.67. The smallest absolute Gasteiger partial charge is 0.268 e. The highest BCUT2D eigenvalue weighted by molar-refractivity contribution is 6.35. The molecule has 1 amide bonds. The van der Waals surface area contributed by atoms with Crippen LogP contribution in [-0.2, 0) is 4.79 Å². The highest BCUT2D eigenvalue weighted by atomic mass is 35.5. The van der Waals surface area contributed by atoms with E-state index in [-0.39, 0.29) is 0 Å². The minimum atomic E-state index is -1.25. The van der Waals surface area contributed by atoms with Crippen LogP contribution in [0.5, 0.6) is 0 Å². The molecule has 1 aromatic carbocycles. The Morgan fingerprint density at radius 2 is 1.83 bits per heavy atom. The van der Waals surface area contributed by atoms with Gasteiger partial charge in [-0.05, 0) is 30.5 Å². The molecule has 7 heteroatoms. The third-order valence-electron chi connectivity index (χ3n) is 4.20. The van der Waals surface area contributed by atoms with Crippen molar-refractivity contribution in [3.05, 3.63) is 28.2 Å². The lowest BCUT2D eigenvalue weighted by molar-refractivity contribution is -0.130. The first kappa shape index (κ1) is 18.3. The third kappa shape index (κ3) is 5.84. The number of hydrogen-bond acceptors (Lipinski definition) is 4. The Balaban J connectivity index is 1.81. The minimum Gasteiger partial charge on any atom is -0.382 e. The Hall–Kier alpha value is -1.01. The number of aliphatic hydroxyl groups excluding tert-OH is 1. The van der Waals surface area contributed by atoms with Crippen molar-refractivity contribution in [2.75, 3.05) is 5.43 Å². The monoisotopic (exact) mass is 359 g/mol. The van der Waals surface area contributed by atoms with Crippen LogP contribution in [0.4, 0.5) is 5.69 Å². The van der Waals surface area contributed by atoms with E-state index in [1.54, 1.807) is 18.2 Å². The Morgan fingerprint density at radius 3 is 2.43 bits per heavy atom. The number of amides is 1. The maximum Gasteiger partial charge on any atom is 0.268 e. The molecular weight excluding hydrogens is 337 g/mol. The topological polar surface area (TPSA) is 87.4 Å². The van der Waals surface area contributed by atoms with Gasteiger partial charge in [-0.15, -0.1) is 0 Å². The van der Waals surface area contributed by atoms with Crippen molar-refractivity contribution < 1.29 is 9.90 Å². The zero-order valence-electron chi connectivity index (χ0n) is 12.9. The second-order valence-corrected chi connectivity index (χ2v) is 6.99. The fourth-order valence-corrected chi connectivity index (χ4v) is 3.49. The SMILES string of the molecule is N[C@H](CC1CCCCC1)C(O)C(=O)NNc1cc(Cl)cc(Cl)c1. The molecule has 1 fully saturated rings. The van der Waals surface area contributed by atoms with Crippen LogP contribution in [0.15, 0.2) is 18.2 Å². The standard InChI is InChI=1S/C16H23Cl2N3O2/c17-11-7-12(18)9-13(8-11)20-21-16(23)15(22)14(19)6-10-4-2-1-3-5-10/h7-10,14-15,20,22H,1-6,19H2,(H,21,23)/t14-,15?/m1/s1.